The Morgan fingerprint density at radius 1 is 1.35 bits per heavy atom. The van der Waals surface area contributed by atoms with E-state index in [1.165, 1.54) is 17.4 Å². The quantitative estimate of drug-likeness (QED) is 0.842. The van der Waals surface area contributed by atoms with Crippen molar-refractivity contribution < 1.29 is 17.9 Å². The predicted molar refractivity (Wildman–Crippen MR) is 66.2 cm³/mol. The van der Waals surface area contributed by atoms with Gasteiger partial charge in [-0.1, -0.05) is 0 Å². The van der Waals surface area contributed by atoms with Gasteiger partial charge in [-0.3, -0.25) is 0 Å². The number of rotatable bonds is 5. The summed E-state index contributed by atoms with van der Waals surface area (Å²) in [6, 6.07) is 0. The lowest BCUT2D eigenvalue weighted by Gasteiger charge is -2.17. The second kappa shape index (κ2) is 5.37. The van der Waals surface area contributed by atoms with Crippen LogP contribution in [0.15, 0.2) is 0 Å². The van der Waals surface area contributed by atoms with Gasteiger partial charge in [0.05, 0.1) is 12.3 Å². The number of nitrogens with zero attached hydrogens (tertiary/aromatic N) is 2. The van der Waals surface area contributed by atoms with Crippen molar-refractivity contribution in [2.24, 2.45) is 5.92 Å². The maximum Gasteiger partial charge on any atom is 0.449 e. The first-order valence-electron chi connectivity index (χ1n) is 6.99. The number of imidazole rings is 1. The summed E-state index contributed by atoms with van der Waals surface area (Å²) in [5.41, 5.74) is 1.22. The van der Waals surface area contributed by atoms with Crippen LogP contribution in [0.3, 0.4) is 0 Å². The number of hydrogen-bond donors (Lipinski definition) is 1. The van der Waals surface area contributed by atoms with E-state index in [1.54, 1.807) is 0 Å². The second-order valence-corrected chi connectivity index (χ2v) is 5.42. The van der Waals surface area contributed by atoms with Gasteiger partial charge in [-0.25, -0.2) is 4.98 Å². The Balaban J connectivity index is 1.73. The van der Waals surface area contributed by atoms with E-state index in [-0.39, 0.29) is 6.54 Å². The first kappa shape index (κ1) is 13.9. The number of ether oxygens (including phenoxy) is 1. The van der Waals surface area contributed by atoms with Gasteiger partial charge in [-0.2, -0.15) is 13.2 Å². The first-order chi connectivity index (χ1) is 9.55. The van der Waals surface area contributed by atoms with Gasteiger partial charge in [-0.05, 0) is 18.8 Å². The SMILES string of the molecule is FC(F)(F)c1nc2c(n1CCOCC1CC1)CCNC2. The smallest absolute Gasteiger partial charge is 0.379 e. The average Bonchev–Trinajstić information content (AvgIpc) is 3.14. The molecule has 0 amide bonds. The molecule has 0 aromatic carbocycles. The fourth-order valence-electron chi connectivity index (χ4n) is 2.52. The van der Waals surface area contributed by atoms with Crippen LogP contribution >= 0.6 is 0 Å². The van der Waals surface area contributed by atoms with Crippen LogP contribution in [-0.4, -0.2) is 29.3 Å². The molecule has 20 heavy (non-hydrogen) atoms. The summed E-state index contributed by atoms with van der Waals surface area (Å²) in [5, 5.41) is 3.05. The zero-order valence-corrected chi connectivity index (χ0v) is 11.2. The highest BCUT2D eigenvalue weighted by molar-refractivity contribution is 5.21. The Bertz CT molecular complexity index is 480. The van der Waals surface area contributed by atoms with Crippen molar-refractivity contribution in [2.75, 3.05) is 19.8 Å². The molecule has 1 aromatic rings. The van der Waals surface area contributed by atoms with Gasteiger partial charge in [0.25, 0.3) is 0 Å². The number of hydrogen-bond acceptors (Lipinski definition) is 3. The molecular formula is C13H18F3N3O. The van der Waals surface area contributed by atoms with Crippen LogP contribution < -0.4 is 5.32 Å². The van der Waals surface area contributed by atoms with E-state index in [0.717, 1.165) is 0 Å². The normalized spacial score (nSPS) is 19.1. The lowest BCUT2D eigenvalue weighted by atomic mass is 10.2. The standard InChI is InChI=1S/C13H18F3N3O/c14-13(15,16)12-18-10-7-17-4-3-11(10)19(12)5-6-20-8-9-1-2-9/h9,17H,1-8H2. The van der Waals surface area contributed by atoms with E-state index >= 15 is 0 Å². The largest absolute Gasteiger partial charge is 0.449 e. The lowest BCUT2D eigenvalue weighted by molar-refractivity contribution is -0.147. The third kappa shape index (κ3) is 2.98. The Kier molecular flexibility index (Phi) is 3.72. The summed E-state index contributed by atoms with van der Waals surface area (Å²) in [5.74, 6) is -0.167. The van der Waals surface area contributed by atoms with Crippen molar-refractivity contribution in [3.05, 3.63) is 17.2 Å². The van der Waals surface area contributed by atoms with Gasteiger partial charge in [0.2, 0.25) is 5.82 Å². The lowest BCUT2D eigenvalue weighted by Crippen LogP contribution is -2.26. The van der Waals surface area contributed by atoms with Crippen LogP contribution in [0.25, 0.3) is 0 Å². The van der Waals surface area contributed by atoms with Gasteiger partial charge in [0.1, 0.15) is 0 Å². The van der Waals surface area contributed by atoms with Crippen LogP contribution in [-0.2, 0) is 30.4 Å². The van der Waals surface area contributed by atoms with Crippen molar-refractivity contribution in [3.63, 3.8) is 0 Å². The van der Waals surface area contributed by atoms with Crippen LogP contribution in [0.2, 0.25) is 0 Å². The third-order valence-electron chi connectivity index (χ3n) is 3.75. The van der Waals surface area contributed by atoms with Crippen molar-refractivity contribution in [2.45, 2.75) is 38.5 Å². The minimum atomic E-state index is -4.41. The van der Waals surface area contributed by atoms with Gasteiger partial charge in [0.15, 0.2) is 0 Å². The molecule has 1 aromatic heterocycles. The number of fused-ring (bicyclic) bond motifs is 1. The molecule has 0 bridgehead atoms. The fraction of sp³-hybridized carbons (Fsp3) is 0.769. The zero-order valence-electron chi connectivity index (χ0n) is 11.2. The monoisotopic (exact) mass is 289 g/mol. The summed E-state index contributed by atoms with van der Waals surface area (Å²) in [6.45, 7) is 2.31. The second-order valence-electron chi connectivity index (χ2n) is 5.42. The van der Waals surface area contributed by atoms with Crippen LogP contribution in [0, 0.1) is 5.92 Å². The molecule has 1 aliphatic heterocycles. The van der Waals surface area contributed by atoms with Crippen LogP contribution in [0.5, 0.6) is 0 Å². The van der Waals surface area contributed by atoms with E-state index in [9.17, 15) is 13.2 Å². The maximum atomic E-state index is 13.0. The van der Waals surface area contributed by atoms with Gasteiger partial charge >= 0.3 is 6.18 Å². The molecule has 0 atom stereocenters. The summed E-state index contributed by atoms with van der Waals surface area (Å²) in [6.07, 6.45) is -1.46. The van der Waals surface area contributed by atoms with E-state index in [1.807, 2.05) is 0 Å². The Labute approximate surface area is 115 Å². The molecule has 0 radical (unpaired) electrons. The summed E-state index contributed by atoms with van der Waals surface area (Å²) in [4.78, 5) is 3.77. The molecule has 1 fully saturated rings. The zero-order chi connectivity index (χ0) is 14.2. The predicted octanol–water partition coefficient (Wildman–Crippen LogP) is 1.97. The molecule has 4 nitrogen and oxygen atoms in total. The highest BCUT2D eigenvalue weighted by Crippen LogP contribution is 2.31. The minimum Gasteiger partial charge on any atom is -0.379 e. The van der Waals surface area contributed by atoms with Crippen molar-refractivity contribution in [3.8, 4) is 0 Å². The summed E-state index contributed by atoms with van der Waals surface area (Å²) >= 11 is 0. The number of nitrogens with one attached hydrogen (secondary N) is 1. The number of alkyl halides is 3. The molecule has 3 rings (SSSR count). The topological polar surface area (TPSA) is 39.1 Å². The van der Waals surface area contributed by atoms with Gasteiger partial charge in [0, 0.05) is 38.4 Å². The molecule has 0 saturated heterocycles. The van der Waals surface area contributed by atoms with E-state index in [4.69, 9.17) is 4.74 Å². The molecule has 1 aliphatic carbocycles. The summed E-state index contributed by atoms with van der Waals surface area (Å²) < 4.78 is 45.9. The van der Waals surface area contributed by atoms with Crippen LogP contribution in [0.4, 0.5) is 13.2 Å². The first-order valence-corrected chi connectivity index (χ1v) is 6.99. The van der Waals surface area contributed by atoms with E-state index < -0.39 is 12.0 Å². The van der Waals surface area contributed by atoms with E-state index in [2.05, 4.69) is 10.3 Å². The van der Waals surface area contributed by atoms with Crippen LogP contribution in [0.1, 0.15) is 30.1 Å². The number of aromatic nitrogens is 2. The van der Waals surface area contributed by atoms with Crippen molar-refractivity contribution in [1.29, 1.82) is 0 Å². The average molecular weight is 289 g/mol. The highest BCUT2D eigenvalue weighted by atomic mass is 19.4. The van der Waals surface area contributed by atoms with Gasteiger partial charge in [-0.15, -0.1) is 0 Å². The third-order valence-corrected chi connectivity index (χ3v) is 3.75. The molecule has 2 aliphatic rings. The summed E-state index contributed by atoms with van der Waals surface area (Å²) in [7, 11) is 0. The maximum absolute atomic E-state index is 13.0. The molecule has 2 heterocycles. The minimum absolute atomic E-state index is 0.226. The highest BCUT2D eigenvalue weighted by Gasteiger charge is 2.39. The van der Waals surface area contributed by atoms with Crippen molar-refractivity contribution in [1.82, 2.24) is 14.9 Å². The van der Waals surface area contributed by atoms with Crippen molar-refractivity contribution >= 4 is 0 Å². The molecule has 112 valence electrons. The number of halogens is 3. The van der Waals surface area contributed by atoms with E-state index in [0.29, 0.717) is 50.0 Å². The Morgan fingerprint density at radius 3 is 2.85 bits per heavy atom. The van der Waals surface area contributed by atoms with Gasteiger partial charge < -0.3 is 14.6 Å². The molecule has 0 unspecified atom stereocenters. The molecule has 1 saturated carbocycles. The molecule has 7 heteroatoms. The molecule has 1 N–H and O–H groups in total. The fourth-order valence-corrected chi connectivity index (χ4v) is 2.52. The Morgan fingerprint density at radius 2 is 2.15 bits per heavy atom. The Hall–Kier alpha value is -1.08. The molecular weight excluding hydrogens is 271 g/mol. The molecule has 0 spiro atoms.